The molecule has 1 aliphatic rings. The first-order chi connectivity index (χ1) is 13.1. The monoisotopic (exact) mass is 382 g/mol. The Bertz CT molecular complexity index is 1020. The van der Waals surface area contributed by atoms with Crippen LogP contribution in [0.3, 0.4) is 0 Å². The lowest BCUT2D eigenvalue weighted by molar-refractivity contribution is -0.119. The van der Waals surface area contributed by atoms with Crippen LogP contribution in [-0.4, -0.2) is 32.2 Å². The second kappa shape index (κ2) is 7.60. The lowest BCUT2D eigenvalue weighted by Gasteiger charge is -2.12. The van der Waals surface area contributed by atoms with E-state index < -0.39 is 0 Å². The van der Waals surface area contributed by atoms with Crippen molar-refractivity contribution in [1.29, 1.82) is 0 Å². The highest BCUT2D eigenvalue weighted by atomic mass is 32.2. The number of hydrogen-bond acceptors (Lipinski definition) is 4. The van der Waals surface area contributed by atoms with Crippen molar-refractivity contribution in [2.45, 2.75) is 36.9 Å². The maximum Gasteiger partial charge on any atom is 0.278 e. The van der Waals surface area contributed by atoms with E-state index in [1.807, 2.05) is 36.5 Å². The number of hydrogen-bond donors (Lipinski definition) is 2. The van der Waals surface area contributed by atoms with E-state index in [2.05, 4.69) is 10.3 Å². The van der Waals surface area contributed by atoms with Crippen LogP contribution in [0.1, 0.15) is 25.7 Å². The maximum absolute atomic E-state index is 12.7. The summed E-state index contributed by atoms with van der Waals surface area (Å²) in [6.45, 7) is 0. The van der Waals surface area contributed by atoms with Gasteiger partial charge < -0.3 is 10.3 Å². The third-order valence-electron chi connectivity index (χ3n) is 5.00. The highest BCUT2D eigenvalue weighted by Gasteiger charge is 2.19. The van der Waals surface area contributed by atoms with Gasteiger partial charge in [-0.15, -0.1) is 0 Å². The minimum Gasteiger partial charge on any atom is -0.355 e. The topological polar surface area (TPSA) is 79.8 Å². The average Bonchev–Trinajstić information content (AvgIpc) is 3.34. The zero-order valence-corrected chi connectivity index (χ0v) is 16.0. The first-order valence-electron chi connectivity index (χ1n) is 9.19. The van der Waals surface area contributed by atoms with Crippen LogP contribution in [0.2, 0.25) is 0 Å². The number of H-pyrrole nitrogens is 1. The van der Waals surface area contributed by atoms with Crippen LogP contribution >= 0.6 is 11.8 Å². The van der Waals surface area contributed by atoms with Crippen LogP contribution in [0.25, 0.3) is 22.2 Å². The van der Waals surface area contributed by atoms with E-state index in [-0.39, 0.29) is 17.2 Å². The molecule has 0 aliphatic heterocycles. The summed E-state index contributed by atoms with van der Waals surface area (Å²) in [6, 6.07) is 10.1. The minimum absolute atomic E-state index is 0.00130. The number of aromatic amines is 1. The van der Waals surface area contributed by atoms with Crippen LogP contribution in [-0.2, 0) is 11.8 Å². The molecule has 140 valence electrons. The third-order valence-corrected chi connectivity index (χ3v) is 6.03. The van der Waals surface area contributed by atoms with Crippen molar-refractivity contribution in [3.8, 4) is 11.1 Å². The molecule has 1 aromatic carbocycles. The van der Waals surface area contributed by atoms with Gasteiger partial charge in [-0.25, -0.2) is 4.98 Å². The molecule has 27 heavy (non-hydrogen) atoms. The minimum atomic E-state index is -0.138. The molecular weight excluding hydrogens is 360 g/mol. The van der Waals surface area contributed by atoms with E-state index in [0.717, 1.165) is 24.0 Å². The van der Waals surface area contributed by atoms with Gasteiger partial charge >= 0.3 is 0 Å². The molecule has 1 saturated carbocycles. The molecule has 0 spiro atoms. The number of nitrogens with zero attached hydrogens (tertiary/aromatic N) is 2. The van der Waals surface area contributed by atoms with Crippen LogP contribution < -0.4 is 10.9 Å². The average molecular weight is 382 g/mol. The summed E-state index contributed by atoms with van der Waals surface area (Å²) in [7, 11) is 1.69. The zero-order valence-electron chi connectivity index (χ0n) is 15.2. The number of amides is 1. The summed E-state index contributed by atoms with van der Waals surface area (Å²) >= 11 is 1.30. The molecule has 3 aromatic rings. The summed E-state index contributed by atoms with van der Waals surface area (Å²) < 4.78 is 1.50. The third kappa shape index (κ3) is 3.64. The number of fused-ring (bicyclic) bond motifs is 1. The molecule has 0 unspecified atom stereocenters. The second-order valence-corrected chi connectivity index (χ2v) is 7.83. The molecule has 1 aliphatic carbocycles. The van der Waals surface area contributed by atoms with Gasteiger partial charge in [-0.05, 0) is 18.4 Å². The molecule has 2 N–H and O–H groups in total. The molecule has 7 heteroatoms. The van der Waals surface area contributed by atoms with Gasteiger partial charge in [-0.1, -0.05) is 54.9 Å². The van der Waals surface area contributed by atoms with Gasteiger partial charge in [0.25, 0.3) is 5.56 Å². The second-order valence-electron chi connectivity index (χ2n) is 6.89. The number of nitrogens with one attached hydrogen (secondary N) is 2. The van der Waals surface area contributed by atoms with Gasteiger partial charge in [0.15, 0.2) is 5.16 Å². The van der Waals surface area contributed by atoms with Gasteiger partial charge in [0, 0.05) is 24.8 Å². The lowest BCUT2D eigenvalue weighted by Crippen LogP contribution is -2.34. The molecule has 0 atom stereocenters. The number of aromatic nitrogens is 3. The summed E-state index contributed by atoms with van der Waals surface area (Å²) in [5.74, 6) is 0.256. The number of carbonyl (C=O) groups excluding carboxylic acids is 1. The van der Waals surface area contributed by atoms with Crippen molar-refractivity contribution in [1.82, 2.24) is 19.9 Å². The first-order valence-corrected chi connectivity index (χ1v) is 10.2. The van der Waals surface area contributed by atoms with Crippen molar-refractivity contribution >= 4 is 28.7 Å². The van der Waals surface area contributed by atoms with Crippen LogP contribution in [0.4, 0.5) is 0 Å². The standard InChI is InChI=1S/C20H22N4O2S/c1-24-19(26)18-17(15(11-21-18)13-7-3-2-4-8-13)23-20(24)27-12-16(25)22-14-9-5-6-10-14/h2-4,7-8,11,14,21H,5-6,9-10,12H2,1H3,(H,22,25). The van der Waals surface area contributed by atoms with Crippen molar-refractivity contribution in [3.05, 3.63) is 46.9 Å². The van der Waals surface area contributed by atoms with Crippen LogP contribution in [0.15, 0.2) is 46.5 Å². The Balaban J connectivity index is 1.60. The van der Waals surface area contributed by atoms with E-state index >= 15 is 0 Å². The van der Waals surface area contributed by atoms with E-state index in [1.54, 1.807) is 7.05 Å². The fourth-order valence-electron chi connectivity index (χ4n) is 3.56. The fraction of sp³-hybridized carbons (Fsp3) is 0.350. The smallest absolute Gasteiger partial charge is 0.278 e. The van der Waals surface area contributed by atoms with E-state index in [1.165, 1.54) is 29.2 Å². The molecule has 0 bridgehead atoms. The summed E-state index contributed by atoms with van der Waals surface area (Å²) in [5, 5.41) is 3.62. The van der Waals surface area contributed by atoms with Crippen molar-refractivity contribution in [3.63, 3.8) is 0 Å². The Labute approximate surface area is 161 Å². The molecule has 6 nitrogen and oxygen atoms in total. The molecule has 2 aromatic heterocycles. The molecular formula is C20H22N4O2S. The molecule has 4 rings (SSSR count). The van der Waals surface area contributed by atoms with E-state index in [9.17, 15) is 9.59 Å². The van der Waals surface area contributed by atoms with Crippen LogP contribution in [0, 0.1) is 0 Å². The zero-order chi connectivity index (χ0) is 18.8. The number of thioether (sulfide) groups is 1. The predicted octanol–water partition coefficient (Wildman–Crippen LogP) is 3.08. The predicted molar refractivity (Wildman–Crippen MR) is 108 cm³/mol. The van der Waals surface area contributed by atoms with Gasteiger partial charge in [-0.2, -0.15) is 0 Å². The summed E-state index contributed by atoms with van der Waals surface area (Å²) in [5.41, 5.74) is 2.87. The van der Waals surface area contributed by atoms with Gasteiger partial charge in [0.1, 0.15) is 11.0 Å². The Morgan fingerprint density at radius 2 is 2.04 bits per heavy atom. The van der Waals surface area contributed by atoms with Crippen molar-refractivity contribution in [2.24, 2.45) is 7.05 Å². The normalized spacial score (nSPS) is 14.7. The van der Waals surface area contributed by atoms with Gasteiger partial charge in [0.05, 0.1) is 5.75 Å². The molecule has 0 saturated heterocycles. The molecule has 1 amide bonds. The van der Waals surface area contributed by atoms with Gasteiger partial charge in [0.2, 0.25) is 5.91 Å². The highest BCUT2D eigenvalue weighted by molar-refractivity contribution is 7.99. The SMILES string of the molecule is Cn1c(SCC(=O)NC2CCCC2)nc2c(-c3ccccc3)c[nH]c2c1=O. The quantitative estimate of drug-likeness (QED) is 0.525. The Morgan fingerprint density at radius 3 is 2.78 bits per heavy atom. The fourth-order valence-corrected chi connectivity index (χ4v) is 4.33. The largest absolute Gasteiger partial charge is 0.355 e. The Morgan fingerprint density at radius 1 is 1.30 bits per heavy atom. The maximum atomic E-state index is 12.7. The van der Waals surface area contributed by atoms with E-state index in [0.29, 0.717) is 22.2 Å². The highest BCUT2D eigenvalue weighted by Crippen LogP contribution is 2.27. The van der Waals surface area contributed by atoms with Crippen molar-refractivity contribution < 1.29 is 4.79 Å². The summed E-state index contributed by atoms with van der Waals surface area (Å²) in [4.78, 5) is 32.7. The summed E-state index contributed by atoms with van der Waals surface area (Å²) in [6.07, 6.45) is 6.29. The van der Waals surface area contributed by atoms with Gasteiger partial charge in [-0.3, -0.25) is 14.2 Å². The molecule has 0 radical (unpaired) electrons. The number of rotatable bonds is 5. The Kier molecular flexibility index (Phi) is 5.03. The van der Waals surface area contributed by atoms with Crippen molar-refractivity contribution in [2.75, 3.05) is 5.75 Å². The molecule has 1 fully saturated rings. The Hall–Kier alpha value is -2.54. The number of carbonyl (C=O) groups is 1. The first kappa shape index (κ1) is 17.9. The number of benzene rings is 1. The lowest BCUT2D eigenvalue weighted by atomic mass is 10.1. The molecule has 2 heterocycles. The van der Waals surface area contributed by atoms with Crippen LogP contribution in [0.5, 0.6) is 0 Å². The van der Waals surface area contributed by atoms with E-state index in [4.69, 9.17) is 4.98 Å².